The van der Waals surface area contributed by atoms with Crippen molar-refractivity contribution in [3.63, 3.8) is 0 Å². The number of carboxylic acid groups (broad SMARTS) is 1. The maximum Gasteiger partial charge on any atom is 0.496 e. The van der Waals surface area contributed by atoms with Crippen molar-refractivity contribution in [1.29, 1.82) is 0 Å². The monoisotopic (exact) mass is 267 g/mol. The van der Waals surface area contributed by atoms with E-state index in [1.54, 1.807) is 0 Å². The molecular formula is C12H15BFNO4. The van der Waals surface area contributed by atoms with E-state index < -0.39 is 19.0 Å². The summed E-state index contributed by atoms with van der Waals surface area (Å²) in [6.45, 7) is 4.90. The molecule has 5 nitrogen and oxygen atoms in total. The molecule has 102 valence electrons. The second-order valence-corrected chi connectivity index (χ2v) is 5.28. The Labute approximate surface area is 110 Å². The van der Waals surface area contributed by atoms with E-state index in [2.05, 4.69) is 5.32 Å². The summed E-state index contributed by atoms with van der Waals surface area (Å²) < 4.78 is 24.4. The minimum Gasteiger partial charge on any atom is -0.465 e. The van der Waals surface area contributed by atoms with Gasteiger partial charge < -0.3 is 14.4 Å². The van der Waals surface area contributed by atoms with Crippen molar-refractivity contribution in [2.45, 2.75) is 13.8 Å². The minimum absolute atomic E-state index is 0.107. The van der Waals surface area contributed by atoms with Gasteiger partial charge in [-0.15, -0.1) is 0 Å². The van der Waals surface area contributed by atoms with Crippen LogP contribution in [-0.4, -0.2) is 31.5 Å². The summed E-state index contributed by atoms with van der Waals surface area (Å²) >= 11 is 0. The summed E-state index contributed by atoms with van der Waals surface area (Å²) in [5.74, 6) is -0.469. The molecule has 0 spiro atoms. The first-order valence-electron chi connectivity index (χ1n) is 5.90. The van der Waals surface area contributed by atoms with E-state index in [1.807, 2.05) is 13.8 Å². The van der Waals surface area contributed by atoms with Crippen LogP contribution in [0.2, 0.25) is 0 Å². The Morgan fingerprint density at radius 3 is 2.63 bits per heavy atom. The molecule has 1 amide bonds. The number of rotatable bonds is 2. The van der Waals surface area contributed by atoms with E-state index in [9.17, 15) is 9.18 Å². The summed E-state index contributed by atoms with van der Waals surface area (Å²) in [5, 5.41) is 11.0. The molecule has 19 heavy (non-hydrogen) atoms. The van der Waals surface area contributed by atoms with Gasteiger partial charge in [-0.1, -0.05) is 13.8 Å². The standard InChI is InChI=1S/C12H15BFNO4/c1-12(2)6-18-13(19-7-12)9-5-8(14)3-4-10(9)15-11(16)17/h3-5,15H,6-7H2,1-2H3,(H,16,17). The summed E-state index contributed by atoms with van der Waals surface area (Å²) in [6.07, 6.45) is -1.22. The predicted molar refractivity (Wildman–Crippen MR) is 69.1 cm³/mol. The molecular weight excluding hydrogens is 252 g/mol. The van der Waals surface area contributed by atoms with E-state index in [0.717, 1.165) is 0 Å². The van der Waals surface area contributed by atoms with Gasteiger partial charge in [0.2, 0.25) is 0 Å². The van der Waals surface area contributed by atoms with Crippen LogP contribution in [-0.2, 0) is 9.31 Å². The third-order valence-electron chi connectivity index (χ3n) is 2.76. The Balaban J connectivity index is 2.23. The van der Waals surface area contributed by atoms with Crippen LogP contribution in [0.15, 0.2) is 18.2 Å². The quantitative estimate of drug-likeness (QED) is 0.800. The zero-order valence-electron chi connectivity index (χ0n) is 10.8. The van der Waals surface area contributed by atoms with Crippen molar-refractivity contribution in [3.05, 3.63) is 24.0 Å². The van der Waals surface area contributed by atoms with Crippen LogP contribution in [0, 0.1) is 11.2 Å². The van der Waals surface area contributed by atoms with Gasteiger partial charge in [0.05, 0.1) is 0 Å². The lowest BCUT2D eigenvalue weighted by Gasteiger charge is -2.33. The first-order chi connectivity index (χ1) is 8.87. The van der Waals surface area contributed by atoms with Gasteiger partial charge in [0.25, 0.3) is 0 Å². The first-order valence-corrected chi connectivity index (χ1v) is 5.90. The van der Waals surface area contributed by atoms with Crippen molar-refractivity contribution in [2.75, 3.05) is 18.5 Å². The summed E-state index contributed by atoms with van der Waals surface area (Å²) in [7, 11) is -0.759. The molecule has 0 saturated carbocycles. The first kappa shape index (κ1) is 13.8. The van der Waals surface area contributed by atoms with Crippen molar-refractivity contribution in [1.82, 2.24) is 0 Å². The molecule has 0 aromatic heterocycles. The fourth-order valence-electron chi connectivity index (χ4n) is 1.83. The van der Waals surface area contributed by atoms with Crippen molar-refractivity contribution < 1.29 is 23.6 Å². The van der Waals surface area contributed by atoms with Crippen LogP contribution in [0.5, 0.6) is 0 Å². The van der Waals surface area contributed by atoms with Crippen molar-refractivity contribution in [3.8, 4) is 0 Å². The van der Waals surface area contributed by atoms with Gasteiger partial charge >= 0.3 is 13.2 Å². The highest BCUT2D eigenvalue weighted by atomic mass is 19.1. The lowest BCUT2D eigenvalue weighted by molar-refractivity contribution is 0.0343. The topological polar surface area (TPSA) is 67.8 Å². The highest BCUT2D eigenvalue weighted by Crippen LogP contribution is 2.22. The van der Waals surface area contributed by atoms with Crippen LogP contribution in [0.3, 0.4) is 0 Å². The predicted octanol–water partition coefficient (Wildman–Crippen LogP) is 1.68. The fraction of sp³-hybridized carbons (Fsp3) is 0.417. The van der Waals surface area contributed by atoms with Gasteiger partial charge in [0, 0.05) is 29.8 Å². The Kier molecular flexibility index (Phi) is 3.77. The number of halogens is 1. The number of anilines is 1. The second kappa shape index (κ2) is 5.18. The molecule has 0 bridgehead atoms. The zero-order valence-corrected chi connectivity index (χ0v) is 10.8. The van der Waals surface area contributed by atoms with E-state index in [0.29, 0.717) is 18.7 Å². The van der Waals surface area contributed by atoms with Gasteiger partial charge in [-0.2, -0.15) is 0 Å². The van der Waals surface area contributed by atoms with Crippen molar-refractivity contribution in [2.24, 2.45) is 5.41 Å². The van der Waals surface area contributed by atoms with Gasteiger partial charge in [-0.05, 0) is 18.2 Å². The average Bonchev–Trinajstić information content (AvgIpc) is 2.31. The van der Waals surface area contributed by atoms with Crippen LogP contribution < -0.4 is 10.8 Å². The largest absolute Gasteiger partial charge is 0.496 e. The van der Waals surface area contributed by atoms with E-state index >= 15 is 0 Å². The SMILES string of the molecule is CC1(C)COB(c2cc(F)ccc2NC(=O)O)OC1. The number of nitrogens with one attached hydrogen (secondary N) is 1. The highest BCUT2D eigenvalue weighted by molar-refractivity contribution is 6.63. The lowest BCUT2D eigenvalue weighted by atomic mass is 9.75. The van der Waals surface area contributed by atoms with Crippen LogP contribution in [0.1, 0.15) is 13.8 Å². The molecule has 0 atom stereocenters. The van der Waals surface area contributed by atoms with Crippen LogP contribution in [0.25, 0.3) is 0 Å². The third kappa shape index (κ3) is 3.45. The lowest BCUT2D eigenvalue weighted by Crippen LogP contribution is -2.48. The van der Waals surface area contributed by atoms with E-state index in [-0.39, 0.29) is 11.1 Å². The normalized spacial score (nSPS) is 18.2. The third-order valence-corrected chi connectivity index (χ3v) is 2.76. The highest BCUT2D eigenvalue weighted by Gasteiger charge is 2.35. The molecule has 1 aliphatic heterocycles. The molecule has 0 aliphatic carbocycles. The number of hydrogen-bond acceptors (Lipinski definition) is 3. The van der Waals surface area contributed by atoms with Crippen LogP contribution in [0.4, 0.5) is 14.9 Å². The second-order valence-electron chi connectivity index (χ2n) is 5.28. The maximum atomic E-state index is 13.3. The molecule has 1 heterocycles. The molecule has 7 heteroatoms. The Morgan fingerprint density at radius 2 is 2.05 bits per heavy atom. The molecule has 1 aromatic rings. The Morgan fingerprint density at radius 1 is 1.42 bits per heavy atom. The molecule has 0 radical (unpaired) electrons. The number of hydrogen-bond donors (Lipinski definition) is 2. The number of benzene rings is 1. The van der Waals surface area contributed by atoms with Crippen LogP contribution >= 0.6 is 0 Å². The summed E-state index contributed by atoms with van der Waals surface area (Å²) in [4.78, 5) is 10.7. The van der Waals surface area contributed by atoms with Crippen molar-refractivity contribution >= 4 is 24.4 Å². The van der Waals surface area contributed by atoms with Gasteiger partial charge in [-0.25, -0.2) is 9.18 Å². The van der Waals surface area contributed by atoms with Gasteiger partial charge in [0.1, 0.15) is 5.82 Å². The number of carbonyl (C=O) groups is 1. The Hall–Kier alpha value is -1.60. The average molecular weight is 267 g/mol. The molecule has 1 aromatic carbocycles. The number of amides is 1. The summed E-state index contributed by atoms with van der Waals surface area (Å²) in [5.41, 5.74) is 0.501. The zero-order chi connectivity index (χ0) is 14.0. The van der Waals surface area contributed by atoms with Gasteiger partial charge in [-0.3, -0.25) is 5.32 Å². The van der Waals surface area contributed by atoms with Gasteiger partial charge in [0.15, 0.2) is 0 Å². The van der Waals surface area contributed by atoms with E-state index in [1.165, 1.54) is 18.2 Å². The maximum absolute atomic E-state index is 13.3. The van der Waals surface area contributed by atoms with E-state index in [4.69, 9.17) is 14.4 Å². The smallest absolute Gasteiger partial charge is 0.465 e. The molecule has 1 fully saturated rings. The molecule has 1 aliphatic rings. The molecule has 2 rings (SSSR count). The molecule has 0 unspecified atom stereocenters. The molecule has 2 N–H and O–H groups in total. The molecule has 1 saturated heterocycles. The minimum atomic E-state index is -1.22. The fourth-order valence-corrected chi connectivity index (χ4v) is 1.83. The summed E-state index contributed by atoms with van der Waals surface area (Å²) in [6, 6.07) is 3.75. The Bertz CT molecular complexity index is 485.